The van der Waals surface area contributed by atoms with Gasteiger partial charge in [0.15, 0.2) is 0 Å². The Morgan fingerprint density at radius 3 is 2.88 bits per heavy atom. The molecule has 1 aliphatic carbocycles. The summed E-state index contributed by atoms with van der Waals surface area (Å²) in [5.41, 5.74) is 2.21. The first-order valence-corrected chi connectivity index (χ1v) is 9.23. The molecule has 1 aliphatic heterocycles. The third kappa shape index (κ3) is 3.98. The van der Waals surface area contributed by atoms with Crippen LogP contribution in [0.4, 0.5) is 4.79 Å². The first-order chi connectivity index (χ1) is 11.9. The van der Waals surface area contributed by atoms with E-state index < -0.39 is 0 Å². The standard InChI is InChI=1S/C20H30N2O3/c1-13(2)25-12-15-7-5-6-14(10-15)11-21-19(23)22-17-16-8-9-24-18(16)20(17,3)4/h5-7,10,13,16-18H,8-9,11-12H2,1-4H3,(H2,21,22,23). The van der Waals surface area contributed by atoms with Gasteiger partial charge in [-0.1, -0.05) is 38.1 Å². The summed E-state index contributed by atoms with van der Waals surface area (Å²) in [5, 5.41) is 6.12. The highest BCUT2D eigenvalue weighted by atomic mass is 16.5. The molecule has 1 saturated heterocycles. The van der Waals surface area contributed by atoms with E-state index in [4.69, 9.17) is 9.47 Å². The molecule has 1 aromatic rings. The van der Waals surface area contributed by atoms with Crippen LogP contribution in [0.25, 0.3) is 0 Å². The Bertz CT molecular complexity index is 615. The molecule has 2 amide bonds. The maximum atomic E-state index is 12.3. The molecular formula is C20H30N2O3. The van der Waals surface area contributed by atoms with Crippen molar-refractivity contribution in [2.75, 3.05) is 6.61 Å². The molecule has 138 valence electrons. The highest BCUT2D eigenvalue weighted by molar-refractivity contribution is 5.74. The highest BCUT2D eigenvalue weighted by Gasteiger charge is 2.59. The van der Waals surface area contributed by atoms with E-state index in [1.54, 1.807) is 0 Å². The number of hydrogen-bond donors (Lipinski definition) is 2. The molecule has 0 spiro atoms. The molecule has 2 aliphatic rings. The molecular weight excluding hydrogens is 316 g/mol. The summed E-state index contributed by atoms with van der Waals surface area (Å²) in [7, 11) is 0. The van der Waals surface area contributed by atoms with Gasteiger partial charge in [0.2, 0.25) is 0 Å². The number of rotatable bonds is 6. The zero-order valence-corrected chi connectivity index (χ0v) is 15.7. The van der Waals surface area contributed by atoms with E-state index in [0.717, 1.165) is 24.2 Å². The smallest absolute Gasteiger partial charge is 0.315 e. The molecule has 25 heavy (non-hydrogen) atoms. The van der Waals surface area contributed by atoms with Gasteiger partial charge in [0, 0.05) is 30.5 Å². The average molecular weight is 346 g/mol. The monoisotopic (exact) mass is 346 g/mol. The van der Waals surface area contributed by atoms with Crippen LogP contribution in [-0.2, 0) is 22.6 Å². The molecule has 0 aromatic heterocycles. The van der Waals surface area contributed by atoms with Crippen LogP contribution >= 0.6 is 0 Å². The van der Waals surface area contributed by atoms with Gasteiger partial charge >= 0.3 is 6.03 Å². The first-order valence-electron chi connectivity index (χ1n) is 9.23. The van der Waals surface area contributed by atoms with Crippen LogP contribution in [0.15, 0.2) is 24.3 Å². The quantitative estimate of drug-likeness (QED) is 0.831. The van der Waals surface area contributed by atoms with Crippen LogP contribution in [0.2, 0.25) is 0 Å². The maximum Gasteiger partial charge on any atom is 0.315 e. The minimum absolute atomic E-state index is 0.00656. The second-order valence-electron chi connectivity index (χ2n) is 8.05. The zero-order chi connectivity index (χ0) is 18.0. The van der Waals surface area contributed by atoms with E-state index in [-0.39, 0.29) is 29.7 Å². The molecule has 1 heterocycles. The van der Waals surface area contributed by atoms with Crippen molar-refractivity contribution in [2.45, 2.75) is 65.5 Å². The predicted octanol–water partition coefficient (Wildman–Crippen LogP) is 3.22. The average Bonchev–Trinajstić information content (AvgIpc) is 3.03. The zero-order valence-electron chi connectivity index (χ0n) is 15.7. The van der Waals surface area contributed by atoms with Crippen molar-refractivity contribution < 1.29 is 14.3 Å². The molecule has 5 nitrogen and oxygen atoms in total. The Hall–Kier alpha value is -1.59. The minimum atomic E-state index is -0.104. The fourth-order valence-corrected chi connectivity index (χ4v) is 4.08. The van der Waals surface area contributed by atoms with Gasteiger partial charge in [-0.15, -0.1) is 0 Å². The van der Waals surface area contributed by atoms with Gasteiger partial charge in [0.25, 0.3) is 0 Å². The SMILES string of the molecule is CC(C)OCc1cccc(CNC(=O)NC2C3CCOC3C2(C)C)c1. The Morgan fingerprint density at radius 2 is 2.12 bits per heavy atom. The van der Waals surface area contributed by atoms with Crippen molar-refractivity contribution in [2.24, 2.45) is 11.3 Å². The van der Waals surface area contributed by atoms with E-state index in [2.05, 4.69) is 30.5 Å². The Kier molecular flexibility index (Phi) is 5.35. The van der Waals surface area contributed by atoms with Crippen molar-refractivity contribution in [1.82, 2.24) is 10.6 Å². The summed E-state index contributed by atoms with van der Waals surface area (Å²) in [5.74, 6) is 0.456. The number of urea groups is 1. The van der Waals surface area contributed by atoms with Crippen molar-refractivity contribution in [1.29, 1.82) is 0 Å². The van der Waals surface area contributed by atoms with E-state index in [1.165, 1.54) is 0 Å². The number of amides is 2. The molecule has 2 fully saturated rings. The number of carbonyl (C=O) groups excluding carboxylic acids is 1. The molecule has 3 rings (SSSR count). The lowest BCUT2D eigenvalue weighted by molar-refractivity contribution is -0.108. The summed E-state index contributed by atoms with van der Waals surface area (Å²) in [6.07, 6.45) is 1.54. The fraction of sp³-hybridized carbons (Fsp3) is 0.650. The summed E-state index contributed by atoms with van der Waals surface area (Å²) in [6, 6.07) is 8.23. The van der Waals surface area contributed by atoms with Crippen molar-refractivity contribution in [3.05, 3.63) is 35.4 Å². The van der Waals surface area contributed by atoms with Gasteiger partial charge in [0.05, 0.1) is 18.8 Å². The number of benzene rings is 1. The van der Waals surface area contributed by atoms with Crippen LogP contribution in [0.5, 0.6) is 0 Å². The van der Waals surface area contributed by atoms with E-state index >= 15 is 0 Å². The highest BCUT2D eigenvalue weighted by Crippen LogP contribution is 2.52. The number of nitrogens with one attached hydrogen (secondary N) is 2. The fourth-order valence-electron chi connectivity index (χ4n) is 4.08. The van der Waals surface area contributed by atoms with Crippen molar-refractivity contribution in [3.8, 4) is 0 Å². The Morgan fingerprint density at radius 1 is 1.36 bits per heavy atom. The van der Waals surface area contributed by atoms with Crippen molar-refractivity contribution >= 4 is 6.03 Å². The number of ether oxygens (including phenoxy) is 2. The van der Waals surface area contributed by atoms with Crippen LogP contribution in [0.1, 0.15) is 45.2 Å². The maximum absolute atomic E-state index is 12.3. The molecule has 3 unspecified atom stereocenters. The first kappa shape index (κ1) is 18.2. The van der Waals surface area contributed by atoms with E-state index in [1.807, 2.05) is 32.0 Å². The normalized spacial score (nSPS) is 26.8. The topological polar surface area (TPSA) is 59.6 Å². The second-order valence-corrected chi connectivity index (χ2v) is 8.05. The third-order valence-electron chi connectivity index (χ3n) is 5.41. The van der Waals surface area contributed by atoms with Gasteiger partial charge in [0.1, 0.15) is 0 Å². The van der Waals surface area contributed by atoms with Crippen LogP contribution in [0.3, 0.4) is 0 Å². The largest absolute Gasteiger partial charge is 0.377 e. The molecule has 5 heteroatoms. The lowest BCUT2D eigenvalue weighted by Crippen LogP contribution is -2.67. The van der Waals surface area contributed by atoms with Gasteiger partial charge in [-0.2, -0.15) is 0 Å². The lowest BCUT2D eigenvalue weighted by atomic mass is 9.57. The molecule has 1 aromatic carbocycles. The van der Waals surface area contributed by atoms with Crippen LogP contribution < -0.4 is 10.6 Å². The van der Waals surface area contributed by atoms with Gasteiger partial charge in [-0.05, 0) is 31.4 Å². The van der Waals surface area contributed by atoms with Crippen LogP contribution in [0, 0.1) is 11.3 Å². The second kappa shape index (κ2) is 7.34. The summed E-state index contributed by atoms with van der Waals surface area (Å²) >= 11 is 0. The minimum Gasteiger partial charge on any atom is -0.377 e. The van der Waals surface area contributed by atoms with Gasteiger partial charge in [-0.3, -0.25) is 0 Å². The predicted molar refractivity (Wildman–Crippen MR) is 97.2 cm³/mol. The molecule has 2 N–H and O–H groups in total. The number of hydrogen-bond acceptors (Lipinski definition) is 3. The molecule has 3 atom stereocenters. The van der Waals surface area contributed by atoms with Gasteiger partial charge in [-0.25, -0.2) is 4.79 Å². The van der Waals surface area contributed by atoms with Gasteiger partial charge < -0.3 is 20.1 Å². The van der Waals surface area contributed by atoms with E-state index in [9.17, 15) is 4.79 Å². The van der Waals surface area contributed by atoms with E-state index in [0.29, 0.717) is 19.1 Å². The Labute approximate surface area is 150 Å². The summed E-state index contributed by atoms with van der Waals surface area (Å²) < 4.78 is 11.4. The lowest BCUT2D eigenvalue weighted by Gasteiger charge is -2.54. The Balaban J connectivity index is 1.49. The molecule has 0 bridgehead atoms. The van der Waals surface area contributed by atoms with Crippen molar-refractivity contribution in [3.63, 3.8) is 0 Å². The summed E-state index contributed by atoms with van der Waals surface area (Å²) in [6.45, 7) is 10.3. The number of carbonyl (C=O) groups is 1. The molecule has 0 radical (unpaired) electrons. The van der Waals surface area contributed by atoms with Crippen LogP contribution in [-0.4, -0.2) is 30.9 Å². The molecule has 1 saturated carbocycles. The third-order valence-corrected chi connectivity index (χ3v) is 5.41. The summed E-state index contributed by atoms with van der Waals surface area (Å²) in [4.78, 5) is 12.3. The number of fused-ring (bicyclic) bond motifs is 1.